The molecule has 2 rings (SSSR count). The Morgan fingerprint density at radius 2 is 1.44 bits per heavy atom. The number of rotatable bonds is 8. The lowest BCUT2D eigenvalue weighted by Gasteiger charge is -2.21. The first-order valence-corrected chi connectivity index (χ1v) is 8.09. The van der Waals surface area contributed by atoms with Crippen LogP contribution in [0, 0.1) is 0 Å². The summed E-state index contributed by atoms with van der Waals surface area (Å²) in [6.07, 6.45) is 1.42. The van der Waals surface area contributed by atoms with Crippen molar-refractivity contribution in [1.82, 2.24) is 0 Å². The van der Waals surface area contributed by atoms with E-state index in [2.05, 4.69) is 0 Å². The molecule has 0 aliphatic heterocycles. The highest BCUT2D eigenvalue weighted by molar-refractivity contribution is 5.44. The van der Waals surface area contributed by atoms with Crippen molar-refractivity contribution in [3.05, 3.63) is 47.5 Å². The monoisotopic (exact) mass is 346 g/mol. The van der Waals surface area contributed by atoms with E-state index in [-0.39, 0.29) is 28.9 Å². The van der Waals surface area contributed by atoms with E-state index in [0.717, 1.165) is 12.0 Å². The van der Waals surface area contributed by atoms with Gasteiger partial charge in [-0.2, -0.15) is 0 Å². The van der Waals surface area contributed by atoms with Gasteiger partial charge >= 0.3 is 0 Å². The molecular weight excluding hydrogens is 324 g/mol. The van der Waals surface area contributed by atoms with E-state index in [4.69, 9.17) is 4.74 Å². The predicted octanol–water partition coefficient (Wildman–Crippen LogP) is 3.70. The minimum Gasteiger partial charge on any atom is -0.504 e. The molecule has 6 nitrogen and oxygen atoms in total. The van der Waals surface area contributed by atoms with Crippen LogP contribution in [0.3, 0.4) is 0 Å². The molecule has 0 aliphatic rings. The van der Waals surface area contributed by atoms with E-state index in [9.17, 15) is 25.2 Å². The maximum atomic E-state index is 10.8. The van der Waals surface area contributed by atoms with Gasteiger partial charge < -0.3 is 25.2 Å². The number of carbonyl (C=O) groups is 1. The second-order valence-corrected chi connectivity index (χ2v) is 5.90. The Bertz CT molecular complexity index is 728. The van der Waals surface area contributed by atoms with E-state index in [1.54, 1.807) is 12.1 Å². The molecule has 0 spiro atoms. The smallest absolute Gasteiger partial charge is 0.293 e. The SMILES string of the molecule is CCC(CCC(OC=O)c1ccc(O)c(O)c1)c1ccc(O)c(O)c1. The molecule has 2 atom stereocenters. The minimum atomic E-state index is -0.552. The second kappa shape index (κ2) is 8.28. The molecule has 4 N–H and O–H groups in total. The molecule has 25 heavy (non-hydrogen) atoms. The molecule has 0 fully saturated rings. The van der Waals surface area contributed by atoms with Crippen molar-refractivity contribution in [3.63, 3.8) is 0 Å². The summed E-state index contributed by atoms with van der Waals surface area (Å²) in [5.74, 6) is -0.734. The van der Waals surface area contributed by atoms with Crippen molar-refractivity contribution >= 4 is 6.47 Å². The third-order valence-corrected chi connectivity index (χ3v) is 4.33. The molecule has 2 aromatic rings. The first-order valence-electron chi connectivity index (χ1n) is 8.09. The van der Waals surface area contributed by atoms with E-state index in [1.165, 1.54) is 24.3 Å². The van der Waals surface area contributed by atoms with Crippen LogP contribution in [0.2, 0.25) is 0 Å². The lowest BCUT2D eigenvalue weighted by Crippen LogP contribution is -2.07. The zero-order valence-electron chi connectivity index (χ0n) is 13.9. The number of phenols is 4. The van der Waals surface area contributed by atoms with Crippen molar-refractivity contribution in [2.75, 3.05) is 0 Å². The average molecular weight is 346 g/mol. The van der Waals surface area contributed by atoms with Gasteiger partial charge in [0.05, 0.1) is 0 Å². The van der Waals surface area contributed by atoms with Crippen LogP contribution in [0.5, 0.6) is 23.0 Å². The van der Waals surface area contributed by atoms with Crippen LogP contribution in [0.25, 0.3) is 0 Å². The molecule has 0 saturated carbocycles. The molecule has 2 unspecified atom stereocenters. The summed E-state index contributed by atoms with van der Waals surface area (Å²) < 4.78 is 5.13. The number of aromatic hydroxyl groups is 4. The van der Waals surface area contributed by atoms with Gasteiger partial charge in [-0.05, 0) is 60.6 Å². The largest absolute Gasteiger partial charge is 0.504 e. The average Bonchev–Trinajstić information content (AvgIpc) is 2.60. The third-order valence-electron chi connectivity index (χ3n) is 4.33. The summed E-state index contributed by atoms with van der Waals surface area (Å²) >= 11 is 0. The molecule has 0 aliphatic carbocycles. The maximum Gasteiger partial charge on any atom is 0.293 e. The number of ether oxygens (including phenoxy) is 1. The van der Waals surface area contributed by atoms with E-state index < -0.39 is 6.10 Å². The van der Waals surface area contributed by atoms with Gasteiger partial charge in [-0.1, -0.05) is 19.1 Å². The van der Waals surface area contributed by atoms with Crippen LogP contribution < -0.4 is 0 Å². The molecule has 0 heterocycles. The van der Waals surface area contributed by atoms with Crippen LogP contribution in [0.4, 0.5) is 0 Å². The standard InChI is InChI=1S/C19H22O6/c1-2-12(13-3-6-15(21)17(23)9-13)5-8-19(25-11-20)14-4-7-16(22)18(24)10-14/h3-4,6-7,9-12,19,21-24H,2,5,8H2,1H3. The Kier molecular flexibility index (Phi) is 6.11. The van der Waals surface area contributed by atoms with Gasteiger partial charge in [-0.3, -0.25) is 4.79 Å². The van der Waals surface area contributed by atoms with Crippen molar-refractivity contribution in [1.29, 1.82) is 0 Å². The quantitative estimate of drug-likeness (QED) is 0.429. The number of phenolic OH excluding ortho intramolecular Hbond substituents is 4. The summed E-state index contributed by atoms with van der Waals surface area (Å²) in [5, 5.41) is 38.1. The third kappa shape index (κ3) is 4.56. The number of hydrogen-bond acceptors (Lipinski definition) is 6. The molecular formula is C19H22O6. The molecule has 0 radical (unpaired) electrons. The molecule has 0 bridgehead atoms. The Morgan fingerprint density at radius 1 is 0.880 bits per heavy atom. The zero-order valence-corrected chi connectivity index (χ0v) is 13.9. The van der Waals surface area contributed by atoms with Crippen LogP contribution in [-0.4, -0.2) is 26.9 Å². The fourth-order valence-corrected chi connectivity index (χ4v) is 2.87. The lowest BCUT2D eigenvalue weighted by molar-refractivity contribution is -0.134. The summed E-state index contributed by atoms with van der Waals surface area (Å²) in [4.78, 5) is 10.8. The Hall–Kier alpha value is -2.89. The fourth-order valence-electron chi connectivity index (χ4n) is 2.87. The molecule has 2 aromatic carbocycles. The molecule has 134 valence electrons. The first kappa shape index (κ1) is 18.4. The van der Waals surface area contributed by atoms with Crippen LogP contribution in [0.1, 0.15) is 49.3 Å². The summed E-state index contributed by atoms with van der Waals surface area (Å²) in [6, 6.07) is 9.05. The van der Waals surface area contributed by atoms with Crippen molar-refractivity contribution < 1.29 is 30.0 Å². The molecule has 0 amide bonds. The van der Waals surface area contributed by atoms with Crippen LogP contribution in [0.15, 0.2) is 36.4 Å². The number of carbonyl (C=O) groups excluding carboxylic acids is 1. The topological polar surface area (TPSA) is 107 Å². The second-order valence-electron chi connectivity index (χ2n) is 5.90. The first-order chi connectivity index (χ1) is 12.0. The van der Waals surface area contributed by atoms with Gasteiger partial charge in [0.25, 0.3) is 6.47 Å². The van der Waals surface area contributed by atoms with Gasteiger partial charge in [0.1, 0.15) is 6.10 Å². The Morgan fingerprint density at radius 3 is 1.96 bits per heavy atom. The van der Waals surface area contributed by atoms with Gasteiger partial charge in [-0.15, -0.1) is 0 Å². The summed E-state index contributed by atoms with van der Waals surface area (Å²) in [6.45, 7) is 2.37. The van der Waals surface area contributed by atoms with E-state index in [0.29, 0.717) is 24.9 Å². The van der Waals surface area contributed by atoms with Gasteiger partial charge in [0.2, 0.25) is 0 Å². The van der Waals surface area contributed by atoms with E-state index in [1.807, 2.05) is 6.92 Å². The van der Waals surface area contributed by atoms with Crippen LogP contribution >= 0.6 is 0 Å². The maximum absolute atomic E-state index is 10.8. The summed E-state index contributed by atoms with van der Waals surface area (Å²) in [5.41, 5.74) is 1.47. The molecule has 0 saturated heterocycles. The highest BCUT2D eigenvalue weighted by atomic mass is 16.5. The van der Waals surface area contributed by atoms with Gasteiger partial charge in [0.15, 0.2) is 23.0 Å². The molecule has 6 heteroatoms. The van der Waals surface area contributed by atoms with Crippen molar-refractivity contribution in [3.8, 4) is 23.0 Å². The van der Waals surface area contributed by atoms with Crippen molar-refractivity contribution in [2.24, 2.45) is 0 Å². The van der Waals surface area contributed by atoms with E-state index >= 15 is 0 Å². The highest BCUT2D eigenvalue weighted by Gasteiger charge is 2.18. The molecule has 0 aromatic heterocycles. The Labute approximate surface area is 145 Å². The number of hydrogen-bond donors (Lipinski definition) is 4. The van der Waals surface area contributed by atoms with Crippen molar-refractivity contribution in [2.45, 2.75) is 38.2 Å². The zero-order chi connectivity index (χ0) is 18.4. The van der Waals surface area contributed by atoms with Gasteiger partial charge in [-0.25, -0.2) is 0 Å². The normalized spacial score (nSPS) is 13.2. The number of benzene rings is 2. The highest BCUT2D eigenvalue weighted by Crippen LogP contribution is 2.36. The Balaban J connectivity index is 2.13. The fraction of sp³-hybridized carbons (Fsp3) is 0.316. The minimum absolute atomic E-state index is 0.106. The summed E-state index contributed by atoms with van der Waals surface area (Å²) in [7, 11) is 0. The van der Waals surface area contributed by atoms with Gasteiger partial charge in [0, 0.05) is 0 Å². The predicted molar refractivity (Wildman–Crippen MR) is 91.7 cm³/mol. The lowest BCUT2D eigenvalue weighted by atomic mass is 9.89. The van der Waals surface area contributed by atoms with Crippen LogP contribution in [-0.2, 0) is 9.53 Å².